The fraction of sp³-hybridized carbons (Fsp3) is 0.875. The molecule has 59 valence electrons. The van der Waals surface area contributed by atoms with E-state index >= 15 is 0 Å². The van der Waals surface area contributed by atoms with E-state index in [9.17, 15) is 5.11 Å². The van der Waals surface area contributed by atoms with Gasteiger partial charge in [-0.2, -0.15) is 0 Å². The van der Waals surface area contributed by atoms with E-state index in [1.807, 2.05) is 0 Å². The second-order valence-electron chi connectivity index (χ2n) is 2.94. The molecule has 0 heterocycles. The van der Waals surface area contributed by atoms with Crippen LogP contribution >= 0.6 is 0 Å². The standard InChI is InChI=1S/C8H15O2/c1-6-7(9)4-3-5-8(6)10-2/h6-9H,1,3-5H2,2H3/t6-,7-,8+/m0/s1. The van der Waals surface area contributed by atoms with Gasteiger partial charge >= 0.3 is 0 Å². The zero-order valence-electron chi connectivity index (χ0n) is 6.42. The molecule has 0 aromatic rings. The predicted molar refractivity (Wildman–Crippen MR) is 39.5 cm³/mol. The van der Waals surface area contributed by atoms with E-state index < -0.39 is 0 Å². The number of aliphatic hydroxyl groups is 1. The minimum Gasteiger partial charge on any atom is -0.393 e. The SMILES string of the molecule is [CH2][C@H]1[C@@H](O)CCC[C@H]1OC. The van der Waals surface area contributed by atoms with Crippen molar-refractivity contribution in [2.45, 2.75) is 31.5 Å². The van der Waals surface area contributed by atoms with Gasteiger partial charge in [0.15, 0.2) is 0 Å². The molecule has 1 radical (unpaired) electrons. The Morgan fingerprint density at radius 1 is 1.50 bits per heavy atom. The molecule has 1 fully saturated rings. The molecular formula is C8H15O2. The summed E-state index contributed by atoms with van der Waals surface area (Å²) in [4.78, 5) is 0. The summed E-state index contributed by atoms with van der Waals surface area (Å²) in [6.45, 7) is 3.86. The molecule has 0 spiro atoms. The zero-order valence-corrected chi connectivity index (χ0v) is 6.42. The molecule has 0 aromatic heterocycles. The van der Waals surface area contributed by atoms with Crippen molar-refractivity contribution in [3.8, 4) is 0 Å². The summed E-state index contributed by atoms with van der Waals surface area (Å²) in [6.07, 6.45) is 2.91. The van der Waals surface area contributed by atoms with Gasteiger partial charge in [0.2, 0.25) is 0 Å². The summed E-state index contributed by atoms with van der Waals surface area (Å²) >= 11 is 0. The maximum Gasteiger partial charge on any atom is 0.0624 e. The Morgan fingerprint density at radius 3 is 2.70 bits per heavy atom. The zero-order chi connectivity index (χ0) is 7.56. The van der Waals surface area contributed by atoms with Crippen LogP contribution in [0.15, 0.2) is 0 Å². The number of ether oxygens (including phenoxy) is 1. The first-order valence-corrected chi connectivity index (χ1v) is 3.79. The lowest BCUT2D eigenvalue weighted by Crippen LogP contribution is -2.35. The van der Waals surface area contributed by atoms with E-state index in [-0.39, 0.29) is 18.1 Å². The average Bonchev–Trinajstić information content (AvgIpc) is 1.95. The number of hydrogen-bond acceptors (Lipinski definition) is 2. The molecular weight excluding hydrogens is 128 g/mol. The van der Waals surface area contributed by atoms with Crippen LogP contribution < -0.4 is 0 Å². The van der Waals surface area contributed by atoms with Crippen LogP contribution in [0.1, 0.15) is 19.3 Å². The Balaban J connectivity index is 2.42. The third-order valence-electron chi connectivity index (χ3n) is 2.26. The largest absolute Gasteiger partial charge is 0.393 e. The van der Waals surface area contributed by atoms with Gasteiger partial charge in [0, 0.05) is 13.0 Å². The van der Waals surface area contributed by atoms with E-state index in [0.717, 1.165) is 19.3 Å². The van der Waals surface area contributed by atoms with Crippen LogP contribution in [0, 0.1) is 12.8 Å². The maximum atomic E-state index is 9.34. The van der Waals surface area contributed by atoms with E-state index in [1.165, 1.54) is 0 Å². The van der Waals surface area contributed by atoms with Crippen LogP contribution in [0.2, 0.25) is 0 Å². The number of rotatable bonds is 1. The number of methoxy groups -OCH3 is 1. The van der Waals surface area contributed by atoms with Crippen LogP contribution in [0.4, 0.5) is 0 Å². The van der Waals surface area contributed by atoms with Crippen LogP contribution in [0.3, 0.4) is 0 Å². The monoisotopic (exact) mass is 143 g/mol. The van der Waals surface area contributed by atoms with Crippen molar-refractivity contribution in [3.63, 3.8) is 0 Å². The first kappa shape index (κ1) is 8.02. The Labute approximate surface area is 62.2 Å². The molecule has 0 bridgehead atoms. The van der Waals surface area contributed by atoms with Gasteiger partial charge in [0.25, 0.3) is 0 Å². The highest BCUT2D eigenvalue weighted by Gasteiger charge is 2.27. The first-order valence-electron chi connectivity index (χ1n) is 3.79. The van der Waals surface area contributed by atoms with Crippen LogP contribution in [0.25, 0.3) is 0 Å². The van der Waals surface area contributed by atoms with Crippen LogP contribution in [0.5, 0.6) is 0 Å². The van der Waals surface area contributed by atoms with Crippen LogP contribution in [-0.4, -0.2) is 24.4 Å². The number of aliphatic hydroxyl groups excluding tert-OH is 1. The molecule has 0 unspecified atom stereocenters. The average molecular weight is 143 g/mol. The van der Waals surface area contributed by atoms with Gasteiger partial charge in [-0.25, -0.2) is 0 Å². The highest BCUT2D eigenvalue weighted by molar-refractivity contribution is 4.83. The molecule has 0 aromatic carbocycles. The van der Waals surface area contributed by atoms with Crippen molar-refractivity contribution in [2.75, 3.05) is 7.11 Å². The van der Waals surface area contributed by atoms with E-state index in [2.05, 4.69) is 6.92 Å². The molecule has 1 aliphatic rings. The van der Waals surface area contributed by atoms with Gasteiger partial charge in [-0.15, -0.1) is 0 Å². The van der Waals surface area contributed by atoms with Crippen LogP contribution in [-0.2, 0) is 4.74 Å². The van der Waals surface area contributed by atoms with Gasteiger partial charge in [-0.1, -0.05) is 0 Å². The summed E-state index contributed by atoms with van der Waals surface area (Å²) in [5.41, 5.74) is 0. The molecule has 1 N–H and O–H groups in total. The van der Waals surface area contributed by atoms with E-state index in [1.54, 1.807) is 7.11 Å². The van der Waals surface area contributed by atoms with Gasteiger partial charge in [0.05, 0.1) is 12.2 Å². The normalized spacial score (nSPS) is 41.7. The lowest BCUT2D eigenvalue weighted by Gasteiger charge is -2.31. The summed E-state index contributed by atoms with van der Waals surface area (Å²) in [5, 5.41) is 9.34. The summed E-state index contributed by atoms with van der Waals surface area (Å²) in [6, 6.07) is 0. The molecule has 10 heavy (non-hydrogen) atoms. The predicted octanol–water partition coefficient (Wildman–Crippen LogP) is 0.996. The minimum atomic E-state index is -0.251. The first-order chi connectivity index (χ1) is 4.75. The molecule has 3 atom stereocenters. The van der Waals surface area contributed by atoms with Crippen molar-refractivity contribution in [2.24, 2.45) is 5.92 Å². The van der Waals surface area contributed by atoms with E-state index in [0.29, 0.717) is 0 Å². The molecule has 1 aliphatic carbocycles. The third kappa shape index (κ3) is 1.50. The second-order valence-corrected chi connectivity index (χ2v) is 2.94. The van der Waals surface area contributed by atoms with Gasteiger partial charge in [-0.05, 0) is 26.2 Å². The number of hydrogen-bond donors (Lipinski definition) is 1. The summed E-state index contributed by atoms with van der Waals surface area (Å²) in [7, 11) is 1.68. The molecule has 0 amide bonds. The Kier molecular flexibility index (Phi) is 2.69. The lowest BCUT2D eigenvalue weighted by atomic mass is 9.85. The quantitative estimate of drug-likeness (QED) is 0.593. The Hall–Kier alpha value is -0.0800. The smallest absolute Gasteiger partial charge is 0.0624 e. The Bertz CT molecular complexity index is 103. The topological polar surface area (TPSA) is 29.5 Å². The maximum absolute atomic E-state index is 9.34. The van der Waals surface area contributed by atoms with Crippen molar-refractivity contribution in [1.82, 2.24) is 0 Å². The summed E-state index contributed by atoms with van der Waals surface area (Å²) < 4.78 is 5.15. The van der Waals surface area contributed by atoms with Gasteiger partial charge < -0.3 is 9.84 Å². The third-order valence-corrected chi connectivity index (χ3v) is 2.26. The molecule has 2 nitrogen and oxygen atoms in total. The van der Waals surface area contributed by atoms with Crippen molar-refractivity contribution >= 4 is 0 Å². The highest BCUT2D eigenvalue weighted by Crippen LogP contribution is 2.25. The molecule has 0 aliphatic heterocycles. The highest BCUT2D eigenvalue weighted by atomic mass is 16.5. The molecule has 2 heteroatoms. The summed E-state index contributed by atoms with van der Waals surface area (Å²) in [5.74, 6) is 0.0683. The Morgan fingerprint density at radius 2 is 2.20 bits per heavy atom. The minimum absolute atomic E-state index is 0.0683. The molecule has 0 saturated heterocycles. The van der Waals surface area contributed by atoms with Gasteiger partial charge in [0.1, 0.15) is 0 Å². The molecule has 1 saturated carbocycles. The lowest BCUT2D eigenvalue weighted by molar-refractivity contribution is -0.0266. The van der Waals surface area contributed by atoms with Gasteiger partial charge in [-0.3, -0.25) is 0 Å². The fourth-order valence-corrected chi connectivity index (χ4v) is 1.50. The van der Waals surface area contributed by atoms with E-state index in [4.69, 9.17) is 4.74 Å². The molecule has 1 rings (SSSR count). The fourth-order valence-electron chi connectivity index (χ4n) is 1.50. The van der Waals surface area contributed by atoms with Crippen molar-refractivity contribution < 1.29 is 9.84 Å². The van der Waals surface area contributed by atoms with Crippen molar-refractivity contribution in [1.29, 1.82) is 0 Å². The second kappa shape index (κ2) is 3.35. The van der Waals surface area contributed by atoms with Crippen molar-refractivity contribution in [3.05, 3.63) is 6.92 Å².